The third kappa shape index (κ3) is 3.01. The first-order chi connectivity index (χ1) is 7.55. The number of thiophene rings is 1. The van der Waals surface area contributed by atoms with Crippen molar-refractivity contribution >= 4 is 22.8 Å². The Labute approximate surface area is 100 Å². The molecule has 3 heteroatoms. The zero-order valence-corrected chi connectivity index (χ0v) is 10.6. The van der Waals surface area contributed by atoms with Crippen molar-refractivity contribution in [3.8, 4) is 0 Å². The standard InChI is InChI=1S/C13H17NOS/c1-13(2)7-10(6-11(15)8-13)14-9-12-4-3-5-16-12/h3-5H,6-9H2,1-2H3. The molecule has 1 fully saturated rings. The Bertz CT molecular complexity index is 404. The van der Waals surface area contributed by atoms with Gasteiger partial charge in [-0.2, -0.15) is 0 Å². The molecule has 0 spiro atoms. The van der Waals surface area contributed by atoms with Gasteiger partial charge in [0.1, 0.15) is 5.78 Å². The summed E-state index contributed by atoms with van der Waals surface area (Å²) < 4.78 is 0. The zero-order valence-electron chi connectivity index (χ0n) is 9.82. The van der Waals surface area contributed by atoms with Crippen molar-refractivity contribution in [1.29, 1.82) is 0 Å². The predicted molar refractivity (Wildman–Crippen MR) is 68.1 cm³/mol. The third-order valence-electron chi connectivity index (χ3n) is 2.80. The van der Waals surface area contributed by atoms with Crippen LogP contribution in [0.2, 0.25) is 0 Å². The largest absolute Gasteiger partial charge is 0.299 e. The van der Waals surface area contributed by atoms with E-state index < -0.39 is 0 Å². The monoisotopic (exact) mass is 235 g/mol. The lowest BCUT2D eigenvalue weighted by Gasteiger charge is -2.29. The topological polar surface area (TPSA) is 29.4 Å². The highest BCUT2D eigenvalue weighted by Gasteiger charge is 2.29. The molecule has 0 aliphatic heterocycles. The molecule has 1 aliphatic rings. The van der Waals surface area contributed by atoms with E-state index in [1.54, 1.807) is 11.3 Å². The molecule has 0 bridgehead atoms. The Balaban J connectivity index is 2.03. The van der Waals surface area contributed by atoms with Gasteiger partial charge < -0.3 is 0 Å². The molecule has 1 aliphatic carbocycles. The summed E-state index contributed by atoms with van der Waals surface area (Å²) in [5.74, 6) is 0.334. The average Bonchev–Trinajstić information content (AvgIpc) is 2.63. The summed E-state index contributed by atoms with van der Waals surface area (Å²) in [5.41, 5.74) is 1.18. The molecule has 0 unspecified atom stereocenters. The van der Waals surface area contributed by atoms with Gasteiger partial charge in [-0.25, -0.2) is 0 Å². The SMILES string of the molecule is CC1(C)CC(=O)CC(=NCc2cccs2)C1. The third-order valence-corrected chi connectivity index (χ3v) is 3.66. The van der Waals surface area contributed by atoms with Gasteiger partial charge in [-0.15, -0.1) is 11.3 Å². The van der Waals surface area contributed by atoms with E-state index in [4.69, 9.17) is 0 Å². The fraction of sp³-hybridized carbons (Fsp3) is 0.538. The highest BCUT2D eigenvalue weighted by molar-refractivity contribution is 7.09. The van der Waals surface area contributed by atoms with Crippen LogP contribution in [0.25, 0.3) is 0 Å². The summed E-state index contributed by atoms with van der Waals surface area (Å²) in [5, 5.41) is 2.06. The minimum atomic E-state index is 0.101. The molecule has 0 aromatic carbocycles. The number of ketones is 1. The van der Waals surface area contributed by atoms with Gasteiger partial charge in [-0.05, 0) is 23.3 Å². The number of rotatable bonds is 2. The summed E-state index contributed by atoms with van der Waals surface area (Å²) in [6.07, 6.45) is 2.23. The van der Waals surface area contributed by atoms with Crippen molar-refractivity contribution in [3.05, 3.63) is 22.4 Å². The maximum atomic E-state index is 11.6. The number of aliphatic imine (C=N–C) groups is 1. The molecule has 0 N–H and O–H groups in total. The first-order valence-corrected chi connectivity index (χ1v) is 6.49. The molecule has 0 saturated heterocycles. The van der Waals surface area contributed by atoms with Crippen LogP contribution in [-0.4, -0.2) is 11.5 Å². The van der Waals surface area contributed by atoms with Gasteiger partial charge in [0, 0.05) is 23.4 Å². The summed E-state index contributed by atoms with van der Waals surface area (Å²) in [7, 11) is 0. The molecule has 86 valence electrons. The van der Waals surface area contributed by atoms with Crippen LogP contribution in [0, 0.1) is 5.41 Å². The van der Waals surface area contributed by atoms with E-state index in [2.05, 4.69) is 30.3 Å². The van der Waals surface area contributed by atoms with Gasteiger partial charge in [-0.3, -0.25) is 9.79 Å². The Morgan fingerprint density at radius 1 is 1.44 bits per heavy atom. The maximum absolute atomic E-state index is 11.6. The van der Waals surface area contributed by atoms with E-state index >= 15 is 0 Å². The number of hydrogen-bond acceptors (Lipinski definition) is 3. The quantitative estimate of drug-likeness (QED) is 0.771. The first-order valence-electron chi connectivity index (χ1n) is 5.61. The average molecular weight is 235 g/mol. The van der Waals surface area contributed by atoms with E-state index in [1.807, 2.05) is 6.07 Å². The molecule has 1 aromatic heterocycles. The fourth-order valence-electron chi connectivity index (χ4n) is 2.21. The van der Waals surface area contributed by atoms with Gasteiger partial charge in [-0.1, -0.05) is 19.9 Å². The van der Waals surface area contributed by atoms with E-state index in [1.165, 1.54) is 4.88 Å². The molecule has 0 atom stereocenters. The molecule has 16 heavy (non-hydrogen) atoms. The van der Waals surface area contributed by atoms with Gasteiger partial charge in [0.05, 0.1) is 6.54 Å². The molecule has 2 nitrogen and oxygen atoms in total. The Kier molecular flexibility index (Phi) is 3.24. The number of Topliss-reactive ketones (excluding diaryl/α,β-unsaturated/α-hetero) is 1. The first kappa shape index (κ1) is 11.5. The molecule has 1 aromatic rings. The summed E-state index contributed by atoms with van der Waals surface area (Å²) in [6, 6.07) is 4.13. The van der Waals surface area contributed by atoms with Crippen molar-refractivity contribution in [2.24, 2.45) is 10.4 Å². The zero-order chi connectivity index (χ0) is 11.6. The van der Waals surface area contributed by atoms with Crippen LogP contribution in [-0.2, 0) is 11.3 Å². The molecular weight excluding hydrogens is 218 g/mol. The minimum Gasteiger partial charge on any atom is -0.299 e. The number of carbonyl (C=O) groups excluding carboxylic acids is 1. The molecule has 2 rings (SSSR count). The van der Waals surface area contributed by atoms with Crippen LogP contribution in [0.1, 0.15) is 38.0 Å². The summed E-state index contributed by atoms with van der Waals surface area (Å²) in [4.78, 5) is 17.4. The second kappa shape index (κ2) is 4.50. The Hall–Kier alpha value is -0.960. The summed E-state index contributed by atoms with van der Waals surface area (Å²) in [6.45, 7) is 5.02. The lowest BCUT2D eigenvalue weighted by atomic mass is 9.76. The lowest BCUT2D eigenvalue weighted by molar-refractivity contribution is -0.120. The van der Waals surface area contributed by atoms with Crippen molar-refractivity contribution in [1.82, 2.24) is 0 Å². The van der Waals surface area contributed by atoms with Crippen LogP contribution in [0.4, 0.5) is 0 Å². The van der Waals surface area contributed by atoms with Gasteiger partial charge >= 0.3 is 0 Å². The molecule has 0 amide bonds. The highest BCUT2D eigenvalue weighted by Crippen LogP contribution is 2.32. The Morgan fingerprint density at radius 2 is 2.25 bits per heavy atom. The van der Waals surface area contributed by atoms with Crippen LogP contribution in [0.5, 0.6) is 0 Å². The van der Waals surface area contributed by atoms with Crippen molar-refractivity contribution < 1.29 is 4.79 Å². The fourth-order valence-corrected chi connectivity index (χ4v) is 2.83. The normalized spacial score (nSPS) is 22.6. The number of carbonyl (C=O) groups is 1. The highest BCUT2D eigenvalue weighted by atomic mass is 32.1. The van der Waals surface area contributed by atoms with E-state index in [0.717, 1.165) is 18.7 Å². The van der Waals surface area contributed by atoms with E-state index in [-0.39, 0.29) is 5.41 Å². The smallest absolute Gasteiger partial charge is 0.139 e. The molecular formula is C13H17NOS. The number of hydrogen-bond donors (Lipinski definition) is 0. The second-order valence-electron chi connectivity index (χ2n) is 5.20. The van der Waals surface area contributed by atoms with Crippen LogP contribution in [0.3, 0.4) is 0 Å². The molecule has 1 saturated carbocycles. The van der Waals surface area contributed by atoms with Crippen molar-refractivity contribution in [2.45, 2.75) is 39.7 Å². The summed E-state index contributed by atoms with van der Waals surface area (Å²) >= 11 is 1.72. The molecule has 1 heterocycles. The van der Waals surface area contributed by atoms with Crippen molar-refractivity contribution in [3.63, 3.8) is 0 Å². The second-order valence-corrected chi connectivity index (χ2v) is 6.23. The number of nitrogens with zero attached hydrogens (tertiary/aromatic N) is 1. The van der Waals surface area contributed by atoms with Crippen LogP contribution in [0.15, 0.2) is 22.5 Å². The van der Waals surface area contributed by atoms with Crippen molar-refractivity contribution in [2.75, 3.05) is 0 Å². The van der Waals surface area contributed by atoms with Crippen LogP contribution >= 0.6 is 11.3 Å². The van der Waals surface area contributed by atoms with Crippen LogP contribution < -0.4 is 0 Å². The minimum absolute atomic E-state index is 0.101. The lowest BCUT2D eigenvalue weighted by Crippen LogP contribution is -2.29. The maximum Gasteiger partial charge on any atom is 0.139 e. The predicted octanol–water partition coefficient (Wildman–Crippen LogP) is 3.47. The van der Waals surface area contributed by atoms with Gasteiger partial charge in [0.25, 0.3) is 0 Å². The van der Waals surface area contributed by atoms with E-state index in [9.17, 15) is 4.79 Å². The Morgan fingerprint density at radius 3 is 2.88 bits per heavy atom. The van der Waals surface area contributed by atoms with E-state index in [0.29, 0.717) is 18.6 Å². The van der Waals surface area contributed by atoms with Gasteiger partial charge in [0.15, 0.2) is 0 Å². The molecule has 0 radical (unpaired) electrons. The van der Waals surface area contributed by atoms with Gasteiger partial charge in [0.2, 0.25) is 0 Å².